The molecule has 0 radical (unpaired) electrons. The minimum absolute atomic E-state index is 0.0485. The fourth-order valence-electron chi connectivity index (χ4n) is 3.45. The molecule has 1 aliphatic heterocycles. The van der Waals surface area contributed by atoms with Crippen molar-refractivity contribution in [3.8, 4) is 11.3 Å². The molecule has 0 bridgehead atoms. The molecule has 3 heterocycles. The average molecular weight is 362 g/mol. The number of amides is 2. The minimum atomic E-state index is -0.294. The zero-order chi connectivity index (χ0) is 19.0. The van der Waals surface area contributed by atoms with Gasteiger partial charge in [-0.3, -0.25) is 9.59 Å². The highest BCUT2D eigenvalue weighted by Crippen LogP contribution is 2.24. The molecule has 0 saturated carbocycles. The number of hydrogen-bond donors (Lipinski definition) is 1. The quantitative estimate of drug-likeness (QED) is 0.775. The second kappa shape index (κ2) is 6.87. The summed E-state index contributed by atoms with van der Waals surface area (Å²) in [5.74, 6) is -0.350. The van der Waals surface area contributed by atoms with Crippen LogP contribution in [0.2, 0.25) is 0 Å². The molecule has 1 aliphatic rings. The summed E-state index contributed by atoms with van der Waals surface area (Å²) in [7, 11) is 0. The standard InChI is InChI=1S/C21H22N4O2/c1-14(2)25-12-16(11-20(25)26)21(27)22-17-8-6-15(7-9-17)18-13-24-10-4-3-5-19(24)23-18/h3-10,13-14,16H,11-12H2,1-2H3,(H,22,27)/t16-/m0/s1. The third kappa shape index (κ3) is 3.43. The third-order valence-electron chi connectivity index (χ3n) is 4.96. The number of nitrogens with one attached hydrogen (secondary N) is 1. The van der Waals surface area contributed by atoms with E-state index >= 15 is 0 Å². The Morgan fingerprint density at radius 2 is 1.96 bits per heavy atom. The van der Waals surface area contributed by atoms with Crippen molar-refractivity contribution >= 4 is 23.1 Å². The number of anilines is 1. The molecule has 6 nitrogen and oxygen atoms in total. The molecule has 1 aromatic carbocycles. The Bertz CT molecular complexity index is 958. The number of imidazole rings is 1. The first-order chi connectivity index (χ1) is 13.0. The summed E-state index contributed by atoms with van der Waals surface area (Å²) in [6.45, 7) is 4.42. The Morgan fingerprint density at radius 3 is 2.63 bits per heavy atom. The number of fused-ring (bicyclic) bond motifs is 1. The molecule has 0 spiro atoms. The molecule has 1 saturated heterocycles. The van der Waals surface area contributed by atoms with Crippen LogP contribution in [-0.4, -0.2) is 38.7 Å². The predicted octanol–water partition coefficient (Wildman–Crippen LogP) is 3.20. The molecule has 1 fully saturated rings. The SMILES string of the molecule is CC(C)N1C[C@@H](C(=O)Nc2ccc(-c3cn4ccccc4n3)cc2)CC1=O. The van der Waals surface area contributed by atoms with Gasteiger partial charge in [0.1, 0.15) is 5.65 Å². The van der Waals surface area contributed by atoms with Gasteiger partial charge in [-0.25, -0.2) is 4.98 Å². The van der Waals surface area contributed by atoms with Crippen molar-refractivity contribution in [3.63, 3.8) is 0 Å². The van der Waals surface area contributed by atoms with Crippen LogP contribution in [0.4, 0.5) is 5.69 Å². The molecule has 1 atom stereocenters. The van der Waals surface area contributed by atoms with Crippen LogP contribution < -0.4 is 5.32 Å². The molecule has 138 valence electrons. The van der Waals surface area contributed by atoms with Gasteiger partial charge in [-0.05, 0) is 38.1 Å². The summed E-state index contributed by atoms with van der Waals surface area (Å²) in [6.07, 6.45) is 4.22. The number of hydrogen-bond acceptors (Lipinski definition) is 3. The molecule has 6 heteroatoms. The van der Waals surface area contributed by atoms with Crippen LogP contribution in [0.3, 0.4) is 0 Å². The van der Waals surface area contributed by atoms with Crippen LogP contribution in [0.15, 0.2) is 54.9 Å². The van der Waals surface area contributed by atoms with Gasteiger partial charge in [-0.15, -0.1) is 0 Å². The lowest BCUT2D eigenvalue weighted by Gasteiger charge is -2.20. The maximum atomic E-state index is 12.5. The van der Waals surface area contributed by atoms with Gasteiger partial charge >= 0.3 is 0 Å². The van der Waals surface area contributed by atoms with E-state index in [1.54, 1.807) is 4.90 Å². The highest BCUT2D eigenvalue weighted by atomic mass is 16.2. The number of carbonyl (C=O) groups excluding carboxylic acids is 2. The predicted molar refractivity (Wildman–Crippen MR) is 104 cm³/mol. The van der Waals surface area contributed by atoms with E-state index in [0.717, 1.165) is 22.6 Å². The van der Waals surface area contributed by atoms with Gasteiger partial charge in [0.05, 0.1) is 11.6 Å². The van der Waals surface area contributed by atoms with E-state index < -0.39 is 0 Å². The van der Waals surface area contributed by atoms with Gasteiger partial charge in [0.2, 0.25) is 11.8 Å². The summed E-state index contributed by atoms with van der Waals surface area (Å²) in [4.78, 5) is 30.9. The Hall–Kier alpha value is -3.15. The van der Waals surface area contributed by atoms with Crippen molar-refractivity contribution in [2.45, 2.75) is 26.3 Å². The first-order valence-electron chi connectivity index (χ1n) is 9.16. The highest BCUT2D eigenvalue weighted by Gasteiger charge is 2.35. The van der Waals surface area contributed by atoms with Crippen LogP contribution in [0.1, 0.15) is 20.3 Å². The molecule has 27 heavy (non-hydrogen) atoms. The Balaban J connectivity index is 1.45. The monoisotopic (exact) mass is 362 g/mol. The molecule has 2 amide bonds. The van der Waals surface area contributed by atoms with Crippen molar-refractivity contribution in [2.75, 3.05) is 11.9 Å². The molecular formula is C21H22N4O2. The summed E-state index contributed by atoms with van der Waals surface area (Å²) in [5, 5.41) is 2.93. The lowest BCUT2D eigenvalue weighted by atomic mass is 10.1. The van der Waals surface area contributed by atoms with Crippen molar-refractivity contribution in [2.24, 2.45) is 5.92 Å². The summed E-state index contributed by atoms with van der Waals surface area (Å²) >= 11 is 0. The second-order valence-electron chi connectivity index (χ2n) is 7.20. The zero-order valence-electron chi connectivity index (χ0n) is 15.4. The second-order valence-corrected chi connectivity index (χ2v) is 7.20. The van der Waals surface area contributed by atoms with E-state index in [9.17, 15) is 9.59 Å². The molecular weight excluding hydrogens is 340 g/mol. The maximum Gasteiger partial charge on any atom is 0.229 e. The zero-order valence-corrected chi connectivity index (χ0v) is 15.4. The van der Waals surface area contributed by atoms with Crippen LogP contribution >= 0.6 is 0 Å². The lowest BCUT2D eigenvalue weighted by Crippen LogP contribution is -2.33. The van der Waals surface area contributed by atoms with Gasteiger partial charge in [-0.1, -0.05) is 18.2 Å². The van der Waals surface area contributed by atoms with Crippen molar-refractivity contribution in [3.05, 3.63) is 54.9 Å². The van der Waals surface area contributed by atoms with Crippen molar-refractivity contribution in [1.82, 2.24) is 14.3 Å². The minimum Gasteiger partial charge on any atom is -0.339 e. The van der Waals surface area contributed by atoms with Crippen molar-refractivity contribution < 1.29 is 9.59 Å². The van der Waals surface area contributed by atoms with Gasteiger partial charge in [-0.2, -0.15) is 0 Å². The molecule has 0 unspecified atom stereocenters. The van der Waals surface area contributed by atoms with Gasteiger partial charge in [0, 0.05) is 42.7 Å². The molecule has 4 rings (SSSR count). The van der Waals surface area contributed by atoms with E-state index in [0.29, 0.717) is 6.54 Å². The number of aromatic nitrogens is 2. The molecule has 3 aromatic rings. The van der Waals surface area contributed by atoms with Gasteiger partial charge in [0.25, 0.3) is 0 Å². The largest absolute Gasteiger partial charge is 0.339 e. The van der Waals surface area contributed by atoms with Crippen molar-refractivity contribution in [1.29, 1.82) is 0 Å². The first-order valence-corrected chi connectivity index (χ1v) is 9.16. The normalized spacial score (nSPS) is 17.1. The van der Waals surface area contributed by atoms with Crippen LogP contribution in [0.25, 0.3) is 16.9 Å². The number of carbonyl (C=O) groups is 2. The van der Waals surface area contributed by atoms with E-state index in [2.05, 4.69) is 10.3 Å². The Labute approximate surface area is 157 Å². The van der Waals surface area contributed by atoms with Crippen LogP contribution in [-0.2, 0) is 9.59 Å². The fourth-order valence-corrected chi connectivity index (χ4v) is 3.45. The summed E-state index contributed by atoms with van der Waals surface area (Å²) in [5.41, 5.74) is 3.49. The van der Waals surface area contributed by atoms with Crippen LogP contribution in [0.5, 0.6) is 0 Å². The number of likely N-dealkylation sites (tertiary alicyclic amines) is 1. The third-order valence-corrected chi connectivity index (χ3v) is 4.96. The van der Waals surface area contributed by atoms with Crippen LogP contribution in [0, 0.1) is 5.92 Å². The van der Waals surface area contributed by atoms with E-state index in [1.807, 2.05) is 73.1 Å². The lowest BCUT2D eigenvalue weighted by molar-refractivity contribution is -0.129. The highest BCUT2D eigenvalue weighted by molar-refractivity contribution is 5.97. The van der Waals surface area contributed by atoms with Gasteiger partial charge in [0.15, 0.2) is 0 Å². The van der Waals surface area contributed by atoms with E-state index in [1.165, 1.54) is 0 Å². The van der Waals surface area contributed by atoms with Gasteiger partial charge < -0.3 is 14.6 Å². The molecule has 0 aliphatic carbocycles. The number of pyridine rings is 1. The number of benzene rings is 1. The number of nitrogens with zero attached hydrogens (tertiary/aromatic N) is 3. The van der Waals surface area contributed by atoms with E-state index in [4.69, 9.17) is 0 Å². The van der Waals surface area contributed by atoms with E-state index in [-0.39, 0.29) is 30.2 Å². The number of rotatable bonds is 4. The molecule has 2 aromatic heterocycles. The Kier molecular flexibility index (Phi) is 4.39. The summed E-state index contributed by atoms with van der Waals surface area (Å²) < 4.78 is 1.97. The average Bonchev–Trinajstić information content (AvgIpc) is 3.26. The molecule has 1 N–H and O–H groups in total. The fraction of sp³-hybridized carbons (Fsp3) is 0.286. The maximum absolute atomic E-state index is 12.5. The smallest absolute Gasteiger partial charge is 0.229 e. The summed E-state index contributed by atoms with van der Waals surface area (Å²) in [6, 6.07) is 13.6. The first kappa shape index (κ1) is 17.3. The topological polar surface area (TPSA) is 66.7 Å². The Morgan fingerprint density at radius 1 is 1.19 bits per heavy atom.